The molecule has 2 aliphatic rings. The summed E-state index contributed by atoms with van der Waals surface area (Å²) in [6, 6.07) is 6.01. The molecule has 0 bridgehead atoms. The maximum atomic E-state index is 11.9. The monoisotopic (exact) mass is 313 g/mol. The second kappa shape index (κ2) is 5.22. The van der Waals surface area contributed by atoms with Gasteiger partial charge in [-0.05, 0) is 43.2 Å². The Morgan fingerprint density at radius 3 is 2.70 bits per heavy atom. The maximum Gasteiger partial charge on any atom is 0.249 e. The standard InChI is InChI=1S/C17H23N5O/c1-17(2)8-10-21(11-9-17)14-5-3-4-13-18-16(20-22(13)14)19-15(23)12-6-7-12/h3-5,12H,6-11H2,1-2H3,(H,19,20,23). The maximum absolute atomic E-state index is 11.9. The van der Waals surface area contributed by atoms with E-state index >= 15 is 0 Å². The predicted octanol–water partition coefficient (Wildman–Crippen LogP) is 2.70. The molecular formula is C17H23N5O. The summed E-state index contributed by atoms with van der Waals surface area (Å²) in [5.74, 6) is 1.66. The van der Waals surface area contributed by atoms with Crippen LogP contribution in [0.4, 0.5) is 11.8 Å². The van der Waals surface area contributed by atoms with Crippen LogP contribution in [-0.2, 0) is 4.79 Å². The Bertz CT molecular complexity index is 737. The lowest BCUT2D eigenvalue weighted by Crippen LogP contribution is -2.38. The molecule has 2 fully saturated rings. The van der Waals surface area contributed by atoms with Gasteiger partial charge in [0.05, 0.1) is 0 Å². The number of aromatic nitrogens is 3. The van der Waals surface area contributed by atoms with Gasteiger partial charge in [0.2, 0.25) is 11.9 Å². The Kier molecular flexibility index (Phi) is 3.28. The Morgan fingerprint density at radius 1 is 1.26 bits per heavy atom. The van der Waals surface area contributed by atoms with Crippen LogP contribution < -0.4 is 10.2 Å². The van der Waals surface area contributed by atoms with Gasteiger partial charge in [0.15, 0.2) is 5.65 Å². The predicted molar refractivity (Wildman–Crippen MR) is 89.6 cm³/mol. The molecule has 122 valence electrons. The van der Waals surface area contributed by atoms with Gasteiger partial charge in [-0.2, -0.15) is 9.50 Å². The minimum Gasteiger partial charge on any atom is -0.356 e. The normalized spacial score (nSPS) is 20.7. The molecule has 1 saturated heterocycles. The van der Waals surface area contributed by atoms with Crippen molar-refractivity contribution in [3.63, 3.8) is 0 Å². The molecule has 2 aromatic heterocycles. The minimum absolute atomic E-state index is 0.0437. The van der Waals surface area contributed by atoms with Gasteiger partial charge in [-0.1, -0.05) is 19.9 Å². The summed E-state index contributed by atoms with van der Waals surface area (Å²) < 4.78 is 1.85. The van der Waals surface area contributed by atoms with E-state index in [0.717, 1.165) is 37.4 Å². The van der Waals surface area contributed by atoms with E-state index in [9.17, 15) is 4.79 Å². The summed E-state index contributed by atoms with van der Waals surface area (Å²) in [4.78, 5) is 18.7. The zero-order valence-electron chi connectivity index (χ0n) is 13.7. The van der Waals surface area contributed by atoms with Gasteiger partial charge in [-0.3, -0.25) is 10.1 Å². The molecule has 1 aliphatic heterocycles. The Hall–Kier alpha value is -2.11. The smallest absolute Gasteiger partial charge is 0.249 e. The highest BCUT2D eigenvalue weighted by molar-refractivity contribution is 5.92. The average Bonchev–Trinajstić information content (AvgIpc) is 3.28. The van der Waals surface area contributed by atoms with Crippen molar-refractivity contribution in [2.75, 3.05) is 23.3 Å². The van der Waals surface area contributed by atoms with Gasteiger partial charge in [0, 0.05) is 19.0 Å². The van der Waals surface area contributed by atoms with E-state index in [-0.39, 0.29) is 11.8 Å². The fourth-order valence-electron chi connectivity index (χ4n) is 3.08. The van der Waals surface area contributed by atoms with E-state index in [1.165, 1.54) is 12.8 Å². The zero-order valence-corrected chi connectivity index (χ0v) is 13.7. The van der Waals surface area contributed by atoms with E-state index in [2.05, 4.69) is 40.2 Å². The first-order chi connectivity index (χ1) is 11.0. The summed E-state index contributed by atoms with van der Waals surface area (Å²) in [6.45, 7) is 6.70. The zero-order chi connectivity index (χ0) is 16.0. The van der Waals surface area contributed by atoms with Gasteiger partial charge < -0.3 is 4.90 Å². The van der Waals surface area contributed by atoms with Crippen molar-refractivity contribution < 1.29 is 4.79 Å². The van der Waals surface area contributed by atoms with Gasteiger partial charge in [-0.15, -0.1) is 5.10 Å². The molecule has 6 nitrogen and oxygen atoms in total. The molecule has 6 heteroatoms. The molecule has 23 heavy (non-hydrogen) atoms. The van der Waals surface area contributed by atoms with Crippen molar-refractivity contribution in [2.24, 2.45) is 11.3 Å². The van der Waals surface area contributed by atoms with E-state index in [1.54, 1.807) is 0 Å². The lowest BCUT2D eigenvalue weighted by molar-refractivity contribution is -0.117. The highest BCUT2D eigenvalue weighted by Crippen LogP contribution is 2.32. The van der Waals surface area contributed by atoms with Crippen LogP contribution in [0.25, 0.3) is 5.65 Å². The molecule has 1 saturated carbocycles. The van der Waals surface area contributed by atoms with Crippen LogP contribution in [0.1, 0.15) is 39.5 Å². The molecule has 2 aromatic rings. The fraction of sp³-hybridized carbons (Fsp3) is 0.588. The van der Waals surface area contributed by atoms with E-state index in [4.69, 9.17) is 0 Å². The quantitative estimate of drug-likeness (QED) is 0.946. The lowest BCUT2D eigenvalue weighted by Gasteiger charge is -2.37. The van der Waals surface area contributed by atoms with Crippen LogP contribution in [0.2, 0.25) is 0 Å². The molecule has 0 radical (unpaired) electrons. The van der Waals surface area contributed by atoms with Crippen molar-refractivity contribution in [2.45, 2.75) is 39.5 Å². The molecule has 0 atom stereocenters. The van der Waals surface area contributed by atoms with Crippen molar-refractivity contribution in [1.29, 1.82) is 0 Å². The number of rotatable bonds is 3. The second-order valence-electron chi connectivity index (χ2n) is 7.50. The van der Waals surface area contributed by atoms with Crippen molar-refractivity contribution >= 4 is 23.3 Å². The Morgan fingerprint density at radius 2 is 2.00 bits per heavy atom. The van der Waals surface area contributed by atoms with Gasteiger partial charge in [0.25, 0.3) is 0 Å². The molecule has 1 aliphatic carbocycles. The first-order valence-electron chi connectivity index (χ1n) is 8.43. The van der Waals surface area contributed by atoms with Crippen LogP contribution in [0.15, 0.2) is 18.2 Å². The number of carbonyl (C=O) groups is 1. The van der Waals surface area contributed by atoms with E-state index in [1.807, 2.05) is 16.6 Å². The SMILES string of the molecule is CC1(C)CCN(c2cccc3nc(NC(=O)C4CC4)nn23)CC1. The summed E-state index contributed by atoms with van der Waals surface area (Å²) >= 11 is 0. The first-order valence-corrected chi connectivity index (χ1v) is 8.43. The van der Waals surface area contributed by atoms with Gasteiger partial charge >= 0.3 is 0 Å². The number of fused-ring (bicyclic) bond motifs is 1. The number of piperidine rings is 1. The fourth-order valence-corrected chi connectivity index (χ4v) is 3.08. The third kappa shape index (κ3) is 2.90. The third-order valence-corrected chi connectivity index (χ3v) is 4.96. The van der Waals surface area contributed by atoms with Crippen LogP contribution in [0, 0.1) is 11.3 Å². The van der Waals surface area contributed by atoms with Gasteiger partial charge in [-0.25, -0.2) is 0 Å². The van der Waals surface area contributed by atoms with Crippen molar-refractivity contribution in [1.82, 2.24) is 14.6 Å². The van der Waals surface area contributed by atoms with Crippen LogP contribution in [0.5, 0.6) is 0 Å². The number of amides is 1. The third-order valence-electron chi connectivity index (χ3n) is 4.96. The summed E-state index contributed by atoms with van der Waals surface area (Å²) in [7, 11) is 0. The summed E-state index contributed by atoms with van der Waals surface area (Å²) in [6.07, 6.45) is 4.30. The topological polar surface area (TPSA) is 62.5 Å². The number of hydrogen-bond donors (Lipinski definition) is 1. The number of hydrogen-bond acceptors (Lipinski definition) is 4. The number of nitrogens with one attached hydrogen (secondary N) is 1. The average molecular weight is 313 g/mol. The summed E-state index contributed by atoms with van der Waals surface area (Å²) in [5.41, 5.74) is 1.19. The van der Waals surface area contributed by atoms with Crippen LogP contribution in [0.3, 0.4) is 0 Å². The molecule has 4 rings (SSSR count). The van der Waals surface area contributed by atoms with E-state index in [0.29, 0.717) is 11.4 Å². The number of anilines is 2. The Balaban J connectivity index is 1.59. The van der Waals surface area contributed by atoms with E-state index < -0.39 is 0 Å². The molecule has 0 spiro atoms. The highest BCUT2D eigenvalue weighted by Gasteiger charge is 2.30. The minimum atomic E-state index is 0.0437. The Labute approximate surface area is 135 Å². The number of nitrogens with zero attached hydrogens (tertiary/aromatic N) is 4. The second-order valence-corrected chi connectivity index (χ2v) is 7.50. The highest BCUT2D eigenvalue weighted by atomic mass is 16.2. The van der Waals surface area contributed by atoms with Crippen LogP contribution >= 0.6 is 0 Å². The molecule has 1 amide bonds. The molecular weight excluding hydrogens is 290 g/mol. The van der Waals surface area contributed by atoms with Crippen molar-refractivity contribution in [3.8, 4) is 0 Å². The van der Waals surface area contributed by atoms with Crippen LogP contribution in [-0.4, -0.2) is 33.6 Å². The molecule has 3 heterocycles. The first kappa shape index (κ1) is 14.5. The number of pyridine rings is 1. The molecule has 1 N–H and O–H groups in total. The molecule has 0 unspecified atom stereocenters. The largest absolute Gasteiger partial charge is 0.356 e. The summed E-state index contributed by atoms with van der Waals surface area (Å²) in [5, 5.41) is 7.34. The van der Waals surface area contributed by atoms with Crippen molar-refractivity contribution in [3.05, 3.63) is 18.2 Å². The molecule has 0 aromatic carbocycles. The number of carbonyl (C=O) groups excluding carboxylic acids is 1. The van der Waals surface area contributed by atoms with Gasteiger partial charge in [0.1, 0.15) is 5.82 Å². The lowest BCUT2D eigenvalue weighted by atomic mass is 9.83.